The Labute approximate surface area is 157 Å². The van der Waals surface area contributed by atoms with Gasteiger partial charge in [-0.15, -0.1) is 11.3 Å². The number of methoxy groups -OCH3 is 1. The molecule has 7 heteroatoms. The molecule has 2 heterocycles. The molecule has 0 amide bonds. The lowest BCUT2D eigenvalue weighted by molar-refractivity contribution is 0.0697. The van der Waals surface area contributed by atoms with E-state index in [0.29, 0.717) is 22.1 Å². The van der Waals surface area contributed by atoms with Gasteiger partial charge in [-0.2, -0.15) is 0 Å². The van der Waals surface area contributed by atoms with Crippen LogP contribution in [-0.4, -0.2) is 23.2 Å². The topological polar surface area (TPSA) is 71.5 Å². The Morgan fingerprint density at radius 3 is 2.77 bits per heavy atom. The number of thiophene rings is 1. The van der Waals surface area contributed by atoms with Crippen LogP contribution >= 0.6 is 22.9 Å². The number of carboxylic acids is 1. The molecular weight excluding hydrogens is 372 g/mol. The maximum atomic E-state index is 11.3. The zero-order valence-corrected chi connectivity index (χ0v) is 15.2. The largest absolute Gasteiger partial charge is 0.495 e. The number of halogens is 1. The number of anilines is 2. The van der Waals surface area contributed by atoms with Crippen molar-refractivity contribution in [2.75, 3.05) is 12.4 Å². The van der Waals surface area contributed by atoms with Crippen molar-refractivity contribution in [1.82, 2.24) is 4.98 Å². The van der Waals surface area contributed by atoms with E-state index in [2.05, 4.69) is 10.3 Å². The Morgan fingerprint density at radius 2 is 2.04 bits per heavy atom. The van der Waals surface area contributed by atoms with Crippen LogP contribution in [0, 0.1) is 0 Å². The van der Waals surface area contributed by atoms with Gasteiger partial charge in [-0.1, -0.05) is 17.7 Å². The molecule has 2 aromatic heterocycles. The molecule has 0 atom stereocenters. The summed E-state index contributed by atoms with van der Waals surface area (Å²) in [7, 11) is 1.56. The number of benzene rings is 2. The number of carbonyl (C=O) groups is 1. The zero-order chi connectivity index (χ0) is 18.3. The van der Waals surface area contributed by atoms with Crippen molar-refractivity contribution < 1.29 is 14.6 Å². The Bertz CT molecular complexity index is 1160. The molecule has 0 unspecified atom stereocenters. The van der Waals surface area contributed by atoms with E-state index in [1.807, 2.05) is 17.5 Å². The molecule has 0 saturated heterocycles. The highest BCUT2D eigenvalue weighted by atomic mass is 35.5. The lowest BCUT2D eigenvalue weighted by Gasteiger charge is -2.11. The van der Waals surface area contributed by atoms with Crippen LogP contribution in [0.3, 0.4) is 0 Å². The number of hydrogen-bond acceptors (Lipinski definition) is 5. The summed E-state index contributed by atoms with van der Waals surface area (Å²) in [6, 6.07) is 12.4. The lowest BCUT2D eigenvalue weighted by atomic mass is 10.1. The predicted octanol–water partition coefficient (Wildman–Crippen LogP) is 5.55. The van der Waals surface area contributed by atoms with Gasteiger partial charge in [0.2, 0.25) is 0 Å². The van der Waals surface area contributed by atoms with Gasteiger partial charge in [0.15, 0.2) is 0 Å². The zero-order valence-electron chi connectivity index (χ0n) is 13.6. The lowest BCUT2D eigenvalue weighted by Crippen LogP contribution is -1.98. The fourth-order valence-electron chi connectivity index (χ4n) is 2.81. The Hall–Kier alpha value is -2.83. The quantitative estimate of drug-likeness (QED) is 0.482. The van der Waals surface area contributed by atoms with E-state index >= 15 is 0 Å². The number of fused-ring (bicyclic) bond motifs is 3. The second-order valence-corrected chi connectivity index (χ2v) is 6.96. The van der Waals surface area contributed by atoms with E-state index in [1.54, 1.807) is 48.8 Å². The first kappa shape index (κ1) is 16.6. The Kier molecular flexibility index (Phi) is 4.14. The molecule has 0 spiro atoms. The number of rotatable bonds is 4. The normalized spacial score (nSPS) is 11.0. The third-order valence-corrected chi connectivity index (χ3v) is 5.30. The second kappa shape index (κ2) is 6.48. The summed E-state index contributed by atoms with van der Waals surface area (Å²) in [5.74, 6) is 0.268. The predicted molar refractivity (Wildman–Crippen MR) is 105 cm³/mol. The summed E-state index contributed by atoms with van der Waals surface area (Å²) < 4.78 is 6.22. The average Bonchev–Trinajstić information content (AvgIpc) is 3.12. The van der Waals surface area contributed by atoms with E-state index in [4.69, 9.17) is 16.3 Å². The molecule has 26 heavy (non-hydrogen) atoms. The van der Waals surface area contributed by atoms with Crippen LogP contribution < -0.4 is 10.1 Å². The van der Waals surface area contributed by atoms with Gasteiger partial charge in [-0.3, -0.25) is 0 Å². The van der Waals surface area contributed by atoms with Gasteiger partial charge in [0.1, 0.15) is 11.6 Å². The van der Waals surface area contributed by atoms with Crippen molar-refractivity contribution in [3.63, 3.8) is 0 Å². The van der Waals surface area contributed by atoms with E-state index < -0.39 is 5.97 Å². The van der Waals surface area contributed by atoms with Crippen LogP contribution in [0.4, 0.5) is 11.5 Å². The van der Waals surface area contributed by atoms with Crippen molar-refractivity contribution in [2.24, 2.45) is 0 Å². The van der Waals surface area contributed by atoms with Crippen molar-refractivity contribution in [1.29, 1.82) is 0 Å². The van der Waals surface area contributed by atoms with Crippen LogP contribution in [0.1, 0.15) is 10.4 Å². The summed E-state index contributed by atoms with van der Waals surface area (Å²) in [6.45, 7) is 0. The third-order valence-electron chi connectivity index (χ3n) is 4.06. The summed E-state index contributed by atoms with van der Waals surface area (Å²) >= 11 is 7.79. The molecule has 0 saturated carbocycles. The molecule has 0 radical (unpaired) electrons. The molecule has 0 aliphatic carbocycles. The highest BCUT2D eigenvalue weighted by molar-refractivity contribution is 7.18. The second-order valence-electron chi connectivity index (χ2n) is 5.64. The first-order valence-corrected chi connectivity index (χ1v) is 8.97. The number of hydrogen-bond donors (Lipinski definition) is 2. The van der Waals surface area contributed by atoms with Crippen molar-refractivity contribution in [3.8, 4) is 5.75 Å². The van der Waals surface area contributed by atoms with Crippen LogP contribution in [0.15, 0.2) is 47.8 Å². The van der Waals surface area contributed by atoms with Crippen molar-refractivity contribution >= 4 is 61.4 Å². The molecule has 2 N–H and O–H groups in total. The van der Waals surface area contributed by atoms with E-state index in [0.717, 1.165) is 21.2 Å². The van der Waals surface area contributed by atoms with Gasteiger partial charge in [-0.05, 0) is 41.8 Å². The van der Waals surface area contributed by atoms with Crippen LogP contribution in [0.2, 0.25) is 5.02 Å². The summed E-state index contributed by atoms with van der Waals surface area (Å²) in [5.41, 5.74) is 1.60. The van der Waals surface area contributed by atoms with Gasteiger partial charge in [0.25, 0.3) is 0 Å². The summed E-state index contributed by atoms with van der Waals surface area (Å²) in [4.78, 5) is 15.9. The van der Waals surface area contributed by atoms with Gasteiger partial charge >= 0.3 is 5.97 Å². The number of aromatic carboxylic acids is 1. The molecule has 0 fully saturated rings. The van der Waals surface area contributed by atoms with Crippen LogP contribution in [-0.2, 0) is 0 Å². The fraction of sp³-hybridized carbons (Fsp3) is 0.0526. The molecule has 0 bridgehead atoms. The molecule has 0 aliphatic rings. The maximum absolute atomic E-state index is 11.3. The summed E-state index contributed by atoms with van der Waals surface area (Å²) in [5, 5.41) is 16.9. The standard InChI is InChI=1S/C19H13ClN2O3S/c1-25-16-5-3-11(9-14(16)20)21-18-13-6-7-26-17(13)12-4-2-10(19(23)24)8-15(12)22-18/h2-9H,1H3,(H,21,22)(H,23,24). The number of carboxylic acid groups (broad SMARTS) is 1. The highest BCUT2D eigenvalue weighted by Gasteiger charge is 2.13. The van der Waals surface area contributed by atoms with Crippen LogP contribution in [0.5, 0.6) is 5.75 Å². The molecule has 0 aliphatic heterocycles. The van der Waals surface area contributed by atoms with Gasteiger partial charge in [0.05, 0.1) is 23.2 Å². The van der Waals surface area contributed by atoms with Crippen molar-refractivity contribution in [3.05, 3.63) is 58.4 Å². The molecule has 4 rings (SSSR count). The SMILES string of the molecule is COc1ccc(Nc2nc3cc(C(=O)O)ccc3c3sccc23)cc1Cl. The molecule has 2 aromatic carbocycles. The Balaban J connectivity index is 1.86. The third kappa shape index (κ3) is 2.83. The molecule has 130 valence electrons. The van der Waals surface area contributed by atoms with Gasteiger partial charge in [-0.25, -0.2) is 9.78 Å². The van der Waals surface area contributed by atoms with Crippen LogP contribution in [0.25, 0.3) is 21.0 Å². The first-order chi connectivity index (χ1) is 12.6. The van der Waals surface area contributed by atoms with Gasteiger partial charge < -0.3 is 15.2 Å². The summed E-state index contributed by atoms with van der Waals surface area (Å²) in [6.07, 6.45) is 0. The smallest absolute Gasteiger partial charge is 0.335 e. The minimum absolute atomic E-state index is 0.208. The number of nitrogens with zero attached hydrogens (tertiary/aromatic N) is 1. The number of pyridine rings is 1. The van der Waals surface area contributed by atoms with E-state index in [1.165, 1.54) is 0 Å². The number of nitrogens with one attached hydrogen (secondary N) is 1. The monoisotopic (exact) mass is 384 g/mol. The number of ether oxygens (including phenoxy) is 1. The number of aromatic nitrogens is 1. The Morgan fingerprint density at radius 1 is 1.19 bits per heavy atom. The van der Waals surface area contributed by atoms with Gasteiger partial charge in [0, 0.05) is 21.2 Å². The minimum atomic E-state index is -0.976. The minimum Gasteiger partial charge on any atom is -0.495 e. The molecular formula is C19H13ClN2O3S. The maximum Gasteiger partial charge on any atom is 0.335 e. The average molecular weight is 385 g/mol. The van der Waals surface area contributed by atoms with Crippen molar-refractivity contribution in [2.45, 2.75) is 0 Å². The highest BCUT2D eigenvalue weighted by Crippen LogP contribution is 2.36. The fourth-order valence-corrected chi connectivity index (χ4v) is 4.00. The van der Waals surface area contributed by atoms with E-state index in [9.17, 15) is 9.90 Å². The molecule has 4 aromatic rings. The molecule has 5 nitrogen and oxygen atoms in total. The van der Waals surface area contributed by atoms with E-state index in [-0.39, 0.29) is 5.56 Å². The first-order valence-electron chi connectivity index (χ1n) is 7.71.